The minimum Gasteiger partial charge on any atom is -0.106 e. The van der Waals surface area contributed by atoms with Gasteiger partial charge in [0.1, 0.15) is 0 Å². The molecule has 0 saturated carbocycles. The number of hydrogen-bond acceptors (Lipinski definition) is 0. The summed E-state index contributed by atoms with van der Waals surface area (Å²) in [4.78, 5) is 0. The van der Waals surface area contributed by atoms with Gasteiger partial charge in [-0.25, -0.2) is 0 Å². The molecule has 1 heteroatoms. The highest BCUT2D eigenvalue weighted by Gasteiger charge is 1.98. The maximum atomic E-state index is 5.78. The normalized spacial score (nSPS) is 11.6. The summed E-state index contributed by atoms with van der Waals surface area (Å²) < 4.78 is 0. The molecule has 0 spiro atoms. The van der Waals surface area contributed by atoms with Crippen molar-refractivity contribution in [2.24, 2.45) is 5.92 Å². The molecule has 0 heterocycles. The smallest absolute Gasteiger partial charge is 0.0406 e. The molecule has 0 saturated heterocycles. The van der Waals surface area contributed by atoms with Gasteiger partial charge in [0.2, 0.25) is 0 Å². The summed E-state index contributed by atoms with van der Waals surface area (Å²) in [5.41, 5.74) is 1.29. The maximum Gasteiger partial charge on any atom is 0.0406 e. The molecule has 0 aromatic heterocycles. The molecule has 0 aliphatic heterocycles. The molecule has 1 rings (SSSR count). The van der Waals surface area contributed by atoms with Crippen molar-refractivity contribution in [3.05, 3.63) is 34.9 Å². The average molecular weight is 193 g/mol. The van der Waals surface area contributed by atoms with Crippen LogP contribution in [0, 0.1) is 17.8 Å². The number of hydrogen-bond donors (Lipinski definition) is 0. The largest absolute Gasteiger partial charge is 0.106 e. The van der Waals surface area contributed by atoms with E-state index in [1.807, 2.05) is 19.1 Å². The third-order valence-corrected chi connectivity index (χ3v) is 2.10. The van der Waals surface area contributed by atoms with Crippen molar-refractivity contribution in [1.29, 1.82) is 0 Å². The summed E-state index contributed by atoms with van der Waals surface area (Å²) in [5, 5.41) is 0.790. The Balaban J connectivity index is 2.62. The first-order chi connectivity index (χ1) is 6.22. The van der Waals surface area contributed by atoms with Crippen molar-refractivity contribution in [1.82, 2.24) is 0 Å². The van der Waals surface area contributed by atoms with Crippen molar-refractivity contribution >= 4 is 11.6 Å². The highest BCUT2D eigenvalue weighted by molar-refractivity contribution is 6.30. The van der Waals surface area contributed by atoms with E-state index in [0.29, 0.717) is 5.92 Å². The second-order valence-corrected chi connectivity index (χ2v) is 3.56. The van der Waals surface area contributed by atoms with Crippen LogP contribution in [0.2, 0.25) is 5.02 Å². The molecular formula is C12H13Cl. The first-order valence-corrected chi connectivity index (χ1v) is 4.77. The summed E-state index contributed by atoms with van der Waals surface area (Å²) in [5.74, 6) is 6.47. The molecule has 0 radical (unpaired) electrons. The lowest BCUT2D eigenvalue weighted by molar-refractivity contribution is 0.750. The van der Waals surface area contributed by atoms with Gasteiger partial charge in [-0.15, -0.1) is 11.8 Å². The summed E-state index contributed by atoms with van der Waals surface area (Å²) in [7, 11) is 0. The van der Waals surface area contributed by atoms with Crippen LogP contribution in [0.15, 0.2) is 24.3 Å². The van der Waals surface area contributed by atoms with Gasteiger partial charge in [-0.05, 0) is 31.0 Å². The highest BCUT2D eigenvalue weighted by Crippen LogP contribution is 2.12. The van der Waals surface area contributed by atoms with Crippen molar-refractivity contribution in [2.45, 2.75) is 20.3 Å². The third kappa shape index (κ3) is 3.53. The zero-order chi connectivity index (χ0) is 9.68. The zero-order valence-electron chi connectivity index (χ0n) is 7.97. The van der Waals surface area contributed by atoms with Crippen LogP contribution in [0.4, 0.5) is 0 Å². The monoisotopic (exact) mass is 192 g/mol. The van der Waals surface area contributed by atoms with Gasteiger partial charge in [0, 0.05) is 10.9 Å². The van der Waals surface area contributed by atoms with Gasteiger partial charge in [-0.2, -0.15) is 0 Å². The second-order valence-electron chi connectivity index (χ2n) is 3.13. The van der Waals surface area contributed by atoms with E-state index >= 15 is 0 Å². The molecule has 0 aliphatic rings. The van der Waals surface area contributed by atoms with Crippen molar-refractivity contribution in [3.8, 4) is 11.8 Å². The van der Waals surface area contributed by atoms with Crippen LogP contribution in [-0.2, 0) is 6.42 Å². The standard InChI is InChI=1S/C12H13Cl/c1-3-4-10(2)9-11-5-7-12(13)8-6-11/h5-8,10H,9H2,1-2H3. The lowest BCUT2D eigenvalue weighted by Crippen LogP contribution is -1.95. The van der Waals surface area contributed by atoms with E-state index in [9.17, 15) is 0 Å². The second kappa shape index (κ2) is 4.94. The fourth-order valence-electron chi connectivity index (χ4n) is 1.27. The van der Waals surface area contributed by atoms with E-state index in [4.69, 9.17) is 11.6 Å². The van der Waals surface area contributed by atoms with Crippen LogP contribution in [0.5, 0.6) is 0 Å². The van der Waals surface area contributed by atoms with Crippen LogP contribution in [-0.4, -0.2) is 0 Å². The number of rotatable bonds is 2. The van der Waals surface area contributed by atoms with Gasteiger partial charge in [0.15, 0.2) is 0 Å². The van der Waals surface area contributed by atoms with Gasteiger partial charge in [0.05, 0.1) is 0 Å². The molecule has 0 fully saturated rings. The van der Waals surface area contributed by atoms with E-state index in [1.165, 1.54) is 5.56 Å². The Hall–Kier alpha value is -0.930. The van der Waals surface area contributed by atoms with Crippen LogP contribution in [0.3, 0.4) is 0 Å². The van der Waals surface area contributed by atoms with Gasteiger partial charge in [-0.1, -0.05) is 30.7 Å². The fraction of sp³-hybridized carbons (Fsp3) is 0.333. The summed E-state index contributed by atoms with van der Waals surface area (Å²) >= 11 is 5.78. The lowest BCUT2D eigenvalue weighted by Gasteiger charge is -2.03. The summed E-state index contributed by atoms with van der Waals surface area (Å²) in [6, 6.07) is 7.94. The lowest BCUT2D eigenvalue weighted by atomic mass is 10.0. The molecule has 1 atom stereocenters. The van der Waals surface area contributed by atoms with Crippen molar-refractivity contribution in [3.63, 3.8) is 0 Å². The van der Waals surface area contributed by atoms with Crippen LogP contribution < -0.4 is 0 Å². The summed E-state index contributed by atoms with van der Waals surface area (Å²) in [6.45, 7) is 4.00. The van der Waals surface area contributed by atoms with Crippen LogP contribution >= 0.6 is 11.6 Å². The van der Waals surface area contributed by atoms with Gasteiger partial charge in [0.25, 0.3) is 0 Å². The Labute approximate surface area is 84.9 Å². The molecule has 0 aliphatic carbocycles. The van der Waals surface area contributed by atoms with Gasteiger partial charge < -0.3 is 0 Å². The highest BCUT2D eigenvalue weighted by atomic mass is 35.5. The topological polar surface area (TPSA) is 0 Å². The SMILES string of the molecule is CC#CC(C)Cc1ccc(Cl)cc1. The molecule has 0 bridgehead atoms. The molecule has 13 heavy (non-hydrogen) atoms. The quantitative estimate of drug-likeness (QED) is 0.629. The third-order valence-electron chi connectivity index (χ3n) is 1.85. The molecular weight excluding hydrogens is 180 g/mol. The fourth-order valence-corrected chi connectivity index (χ4v) is 1.40. The van der Waals surface area contributed by atoms with E-state index in [-0.39, 0.29) is 0 Å². The van der Waals surface area contributed by atoms with Crippen molar-refractivity contribution < 1.29 is 0 Å². The molecule has 0 N–H and O–H groups in total. The van der Waals surface area contributed by atoms with Crippen LogP contribution in [0.25, 0.3) is 0 Å². The maximum absolute atomic E-state index is 5.78. The predicted molar refractivity (Wildman–Crippen MR) is 57.8 cm³/mol. The first kappa shape index (κ1) is 10.2. The predicted octanol–water partition coefficient (Wildman–Crippen LogP) is 3.54. The average Bonchev–Trinajstić information content (AvgIpc) is 2.09. The van der Waals surface area contributed by atoms with Crippen molar-refractivity contribution in [2.75, 3.05) is 0 Å². The van der Waals surface area contributed by atoms with E-state index in [0.717, 1.165) is 11.4 Å². The molecule has 1 aromatic carbocycles. The Morgan fingerprint density at radius 3 is 2.46 bits per heavy atom. The van der Waals surface area contributed by atoms with E-state index in [2.05, 4.69) is 30.9 Å². The molecule has 1 aromatic rings. The van der Waals surface area contributed by atoms with Crippen LogP contribution in [0.1, 0.15) is 19.4 Å². The Kier molecular flexibility index (Phi) is 3.86. The van der Waals surface area contributed by atoms with Gasteiger partial charge in [-0.3, -0.25) is 0 Å². The summed E-state index contributed by atoms with van der Waals surface area (Å²) in [6.07, 6.45) is 0.998. The number of benzene rings is 1. The Morgan fingerprint density at radius 1 is 1.31 bits per heavy atom. The van der Waals surface area contributed by atoms with E-state index < -0.39 is 0 Å². The number of halogens is 1. The Bertz CT molecular complexity index is 313. The first-order valence-electron chi connectivity index (χ1n) is 4.39. The molecule has 0 amide bonds. The van der Waals surface area contributed by atoms with E-state index in [1.54, 1.807) is 0 Å². The van der Waals surface area contributed by atoms with Gasteiger partial charge >= 0.3 is 0 Å². The Morgan fingerprint density at radius 2 is 1.92 bits per heavy atom. The zero-order valence-corrected chi connectivity index (χ0v) is 8.73. The minimum absolute atomic E-state index is 0.422. The molecule has 0 nitrogen and oxygen atoms in total. The minimum atomic E-state index is 0.422. The molecule has 1 unspecified atom stereocenters. The molecule has 68 valence electrons.